The van der Waals surface area contributed by atoms with Crippen molar-refractivity contribution in [3.8, 4) is 22.7 Å². The molecule has 3 aromatic rings. The Labute approximate surface area is 171 Å². The number of benzene rings is 2. The van der Waals surface area contributed by atoms with Crippen LogP contribution < -0.4 is 26.3 Å². The molecule has 0 amide bonds. The molecule has 0 spiro atoms. The summed E-state index contributed by atoms with van der Waals surface area (Å²) in [4.78, 5) is 0.575. The van der Waals surface area contributed by atoms with E-state index in [9.17, 15) is 8.78 Å². The van der Waals surface area contributed by atoms with Crippen LogP contribution in [0.15, 0.2) is 59.6 Å². The summed E-state index contributed by atoms with van der Waals surface area (Å²) in [6.07, 6.45) is 4.30. The maximum absolute atomic E-state index is 12.6. The van der Waals surface area contributed by atoms with E-state index in [0.717, 1.165) is 42.1 Å². The van der Waals surface area contributed by atoms with Gasteiger partial charge in [0.2, 0.25) is 0 Å². The van der Waals surface area contributed by atoms with Gasteiger partial charge in [-0.1, -0.05) is 11.8 Å². The van der Waals surface area contributed by atoms with Gasteiger partial charge in [0.05, 0.1) is 20.1 Å². The van der Waals surface area contributed by atoms with E-state index in [0.29, 0.717) is 16.7 Å². The fourth-order valence-corrected chi connectivity index (χ4v) is 3.93. The third-order valence-corrected chi connectivity index (χ3v) is 5.34. The van der Waals surface area contributed by atoms with Gasteiger partial charge < -0.3 is 21.7 Å². The topological polar surface area (TPSA) is 18.0 Å². The minimum atomic E-state index is -2.40. The number of thioether (sulfide) groups is 1. The molecule has 1 aliphatic heterocycles. The summed E-state index contributed by atoms with van der Waals surface area (Å²) in [5, 5.41) is 0. The van der Waals surface area contributed by atoms with E-state index >= 15 is 0 Å². The second-order valence-electron chi connectivity index (χ2n) is 6.16. The van der Waals surface area contributed by atoms with Crippen molar-refractivity contribution >= 4 is 11.8 Å². The van der Waals surface area contributed by atoms with E-state index in [1.54, 1.807) is 19.2 Å². The van der Waals surface area contributed by atoms with E-state index in [1.807, 2.05) is 36.4 Å². The monoisotopic (exact) mass is 452 g/mol. The predicted molar refractivity (Wildman–Crippen MR) is 98.1 cm³/mol. The smallest absolute Gasteiger partial charge is 0.288 e. The van der Waals surface area contributed by atoms with E-state index in [-0.39, 0.29) is 17.0 Å². The standard InChI is InChI=1S/C20H19F2N2OS.BrH/c1-25-16-8-4-14(5-9-16)18-13-23-12-2-3-19(23)24(18)15-6-10-17(11-7-15)26-20(21)22;/h4-11,13,20H,2-3,12H2,1H3;1H/q+1;/p-1. The SMILES string of the molecule is COc1ccc(-c2c[n+]3c(n2-c2ccc(SC(F)F)cc2)CCC3)cc1.[Br-]. The van der Waals surface area contributed by atoms with E-state index in [4.69, 9.17) is 4.74 Å². The molecule has 0 aliphatic carbocycles. The van der Waals surface area contributed by atoms with Gasteiger partial charge in [0.1, 0.15) is 17.6 Å². The van der Waals surface area contributed by atoms with Gasteiger partial charge in [-0.05, 0) is 55.0 Å². The average Bonchev–Trinajstić information content (AvgIpc) is 3.23. The number of ether oxygens (including phenoxy) is 1. The Morgan fingerprint density at radius 1 is 1.07 bits per heavy atom. The van der Waals surface area contributed by atoms with Gasteiger partial charge in [-0.3, -0.25) is 0 Å². The first-order chi connectivity index (χ1) is 12.7. The highest BCUT2D eigenvalue weighted by Gasteiger charge is 2.29. The molecule has 0 atom stereocenters. The van der Waals surface area contributed by atoms with Gasteiger partial charge in [-0.2, -0.15) is 13.3 Å². The molecule has 2 heterocycles. The van der Waals surface area contributed by atoms with Crippen LogP contribution in [0, 0.1) is 0 Å². The first-order valence-electron chi connectivity index (χ1n) is 8.49. The summed E-state index contributed by atoms with van der Waals surface area (Å²) in [5.74, 6) is -0.340. The Balaban J connectivity index is 0.00000210. The quantitative estimate of drug-likeness (QED) is 0.433. The number of nitrogens with zero attached hydrogens (tertiary/aromatic N) is 2. The number of halogens is 3. The van der Waals surface area contributed by atoms with Gasteiger partial charge in [0.25, 0.3) is 11.6 Å². The van der Waals surface area contributed by atoms with Crippen LogP contribution in [0.25, 0.3) is 16.9 Å². The fourth-order valence-electron chi connectivity index (χ4n) is 3.43. The van der Waals surface area contributed by atoms with Crippen molar-refractivity contribution in [1.82, 2.24) is 4.57 Å². The minimum absolute atomic E-state index is 0. The molecule has 0 fully saturated rings. The maximum Gasteiger partial charge on any atom is 0.288 e. The van der Waals surface area contributed by atoms with Crippen LogP contribution in [0.1, 0.15) is 12.2 Å². The summed E-state index contributed by atoms with van der Waals surface area (Å²) >= 11 is 0.573. The summed E-state index contributed by atoms with van der Waals surface area (Å²) < 4.78 is 34.9. The Hall–Kier alpha value is -1.86. The molecule has 2 aromatic carbocycles. The molecule has 1 aliphatic rings. The molecule has 27 heavy (non-hydrogen) atoms. The zero-order valence-corrected chi connectivity index (χ0v) is 17.1. The molecule has 0 saturated heterocycles. The van der Waals surface area contributed by atoms with Gasteiger partial charge in [-0.25, -0.2) is 4.57 Å². The molecular weight excluding hydrogens is 434 g/mol. The highest BCUT2D eigenvalue weighted by atomic mass is 79.9. The molecule has 4 rings (SSSR count). The van der Waals surface area contributed by atoms with Crippen LogP contribution in [0.4, 0.5) is 8.78 Å². The zero-order valence-electron chi connectivity index (χ0n) is 14.7. The Morgan fingerprint density at radius 2 is 1.78 bits per heavy atom. The number of aryl methyl sites for hydroxylation is 1. The van der Waals surface area contributed by atoms with Crippen LogP contribution in [-0.2, 0) is 13.0 Å². The fraction of sp³-hybridized carbons (Fsp3) is 0.250. The zero-order chi connectivity index (χ0) is 18.1. The lowest BCUT2D eigenvalue weighted by atomic mass is 10.1. The van der Waals surface area contributed by atoms with E-state index < -0.39 is 5.76 Å². The summed E-state index contributed by atoms with van der Waals surface area (Å²) in [7, 11) is 1.65. The lowest BCUT2D eigenvalue weighted by molar-refractivity contribution is -0.689. The molecule has 7 heteroatoms. The van der Waals surface area contributed by atoms with Crippen molar-refractivity contribution in [2.24, 2.45) is 0 Å². The number of alkyl halides is 2. The number of imidazole rings is 1. The summed E-state index contributed by atoms with van der Waals surface area (Å²) in [6.45, 7) is 1.00. The van der Waals surface area contributed by atoms with Crippen molar-refractivity contribution in [3.05, 3.63) is 60.6 Å². The van der Waals surface area contributed by atoms with Gasteiger partial charge in [0, 0.05) is 10.5 Å². The lowest BCUT2D eigenvalue weighted by Crippen LogP contribution is -3.00. The van der Waals surface area contributed by atoms with Gasteiger partial charge >= 0.3 is 0 Å². The highest BCUT2D eigenvalue weighted by molar-refractivity contribution is 7.99. The molecule has 0 unspecified atom stereocenters. The van der Waals surface area contributed by atoms with Crippen molar-refractivity contribution in [1.29, 1.82) is 0 Å². The molecule has 0 N–H and O–H groups in total. The first-order valence-corrected chi connectivity index (χ1v) is 9.37. The van der Waals surface area contributed by atoms with Gasteiger partial charge in [-0.15, -0.1) is 0 Å². The molecule has 3 nitrogen and oxygen atoms in total. The van der Waals surface area contributed by atoms with Crippen molar-refractivity contribution in [2.45, 2.75) is 30.0 Å². The predicted octanol–water partition coefficient (Wildman–Crippen LogP) is 1.71. The minimum Gasteiger partial charge on any atom is -1.00 e. The normalized spacial score (nSPS) is 12.7. The summed E-state index contributed by atoms with van der Waals surface area (Å²) in [5.41, 5.74) is 3.18. The number of hydrogen-bond donors (Lipinski definition) is 0. The Bertz CT molecular complexity index is 911. The third-order valence-electron chi connectivity index (χ3n) is 4.61. The first kappa shape index (κ1) is 19.9. The van der Waals surface area contributed by atoms with Crippen LogP contribution in [-0.4, -0.2) is 17.4 Å². The van der Waals surface area contributed by atoms with Crippen LogP contribution in [0.3, 0.4) is 0 Å². The average molecular weight is 453 g/mol. The molecule has 0 radical (unpaired) electrons. The Morgan fingerprint density at radius 3 is 2.41 bits per heavy atom. The maximum atomic E-state index is 12.6. The second kappa shape index (κ2) is 8.44. The number of hydrogen-bond acceptors (Lipinski definition) is 2. The lowest BCUT2D eigenvalue weighted by Gasteiger charge is -2.06. The Kier molecular flexibility index (Phi) is 6.22. The number of fused-ring (bicyclic) bond motifs is 1. The van der Waals surface area contributed by atoms with Gasteiger partial charge in [0.15, 0.2) is 5.69 Å². The highest BCUT2D eigenvalue weighted by Crippen LogP contribution is 2.30. The molecule has 1 aromatic heterocycles. The van der Waals surface area contributed by atoms with Crippen molar-refractivity contribution < 1.29 is 35.1 Å². The third kappa shape index (κ3) is 4.04. The van der Waals surface area contributed by atoms with Crippen LogP contribution in [0.5, 0.6) is 5.75 Å². The van der Waals surface area contributed by atoms with E-state index in [1.165, 1.54) is 5.82 Å². The van der Waals surface area contributed by atoms with E-state index in [2.05, 4.69) is 15.3 Å². The largest absolute Gasteiger partial charge is 1.00 e. The van der Waals surface area contributed by atoms with Crippen LogP contribution >= 0.6 is 11.8 Å². The van der Waals surface area contributed by atoms with Crippen molar-refractivity contribution in [2.75, 3.05) is 7.11 Å². The number of rotatable bonds is 5. The molecular formula is C20H19BrF2N2OS. The molecule has 0 bridgehead atoms. The molecule has 0 saturated carbocycles. The number of aromatic nitrogens is 2. The van der Waals surface area contributed by atoms with Crippen molar-refractivity contribution in [3.63, 3.8) is 0 Å². The second-order valence-corrected chi connectivity index (χ2v) is 7.23. The van der Waals surface area contributed by atoms with Crippen LogP contribution in [0.2, 0.25) is 0 Å². The summed E-state index contributed by atoms with van der Waals surface area (Å²) in [6, 6.07) is 15.3. The molecule has 142 valence electrons. The number of methoxy groups -OCH3 is 1.